The molecule has 2 unspecified atom stereocenters. The van der Waals surface area contributed by atoms with Crippen LogP contribution in [0, 0.1) is 5.92 Å². The molecule has 0 aliphatic heterocycles. The van der Waals surface area contributed by atoms with Crippen LogP contribution in [0.2, 0.25) is 0 Å². The fourth-order valence-electron chi connectivity index (χ4n) is 1.40. The molecule has 0 radical (unpaired) electrons. The predicted molar refractivity (Wildman–Crippen MR) is 56.9 cm³/mol. The smallest absolute Gasteiger partial charge is 0.218 e. The molecule has 3 N–H and O–H groups in total. The molecule has 0 spiro atoms. The molecule has 4 heteroatoms. The summed E-state index contributed by atoms with van der Waals surface area (Å²) < 4.78 is 5.05. The summed E-state index contributed by atoms with van der Waals surface area (Å²) in [6.45, 7) is 5.70. The minimum absolute atomic E-state index is 0.132. The first-order chi connectivity index (χ1) is 6.61. The second kappa shape index (κ2) is 7.76. The molecule has 0 aromatic heterocycles. The van der Waals surface area contributed by atoms with E-state index in [1.54, 1.807) is 7.11 Å². The summed E-state index contributed by atoms with van der Waals surface area (Å²) in [4.78, 5) is 10.8. The van der Waals surface area contributed by atoms with E-state index in [-0.39, 0.29) is 11.9 Å². The van der Waals surface area contributed by atoms with Gasteiger partial charge < -0.3 is 15.8 Å². The Morgan fingerprint density at radius 1 is 1.57 bits per heavy atom. The SMILES string of the molecule is CCCNC(CC(N)=O)C(C)COC. The fourth-order valence-corrected chi connectivity index (χ4v) is 1.40. The van der Waals surface area contributed by atoms with Gasteiger partial charge in [0.25, 0.3) is 0 Å². The zero-order valence-electron chi connectivity index (χ0n) is 9.38. The van der Waals surface area contributed by atoms with E-state index in [0.717, 1.165) is 13.0 Å². The van der Waals surface area contributed by atoms with Gasteiger partial charge in [-0.3, -0.25) is 4.79 Å². The van der Waals surface area contributed by atoms with Gasteiger partial charge in [0.05, 0.1) is 6.61 Å². The highest BCUT2D eigenvalue weighted by Crippen LogP contribution is 2.07. The number of primary amides is 1. The van der Waals surface area contributed by atoms with Crippen LogP contribution in [0.15, 0.2) is 0 Å². The van der Waals surface area contributed by atoms with E-state index in [1.807, 2.05) is 0 Å². The van der Waals surface area contributed by atoms with Crippen LogP contribution >= 0.6 is 0 Å². The molecule has 0 heterocycles. The van der Waals surface area contributed by atoms with Crippen LogP contribution in [-0.2, 0) is 9.53 Å². The highest BCUT2D eigenvalue weighted by molar-refractivity contribution is 5.74. The number of hydrogen-bond donors (Lipinski definition) is 2. The molecular formula is C10H22N2O2. The number of carbonyl (C=O) groups is 1. The molecule has 0 aromatic carbocycles. The number of carbonyl (C=O) groups excluding carboxylic acids is 1. The molecule has 2 atom stereocenters. The Morgan fingerprint density at radius 2 is 2.21 bits per heavy atom. The van der Waals surface area contributed by atoms with E-state index in [0.29, 0.717) is 18.9 Å². The molecule has 0 saturated carbocycles. The highest BCUT2D eigenvalue weighted by atomic mass is 16.5. The second-order valence-electron chi connectivity index (χ2n) is 3.66. The number of amides is 1. The third-order valence-electron chi connectivity index (χ3n) is 2.19. The molecule has 14 heavy (non-hydrogen) atoms. The van der Waals surface area contributed by atoms with Crippen molar-refractivity contribution in [2.24, 2.45) is 11.7 Å². The van der Waals surface area contributed by atoms with Crippen molar-refractivity contribution < 1.29 is 9.53 Å². The summed E-state index contributed by atoms with van der Waals surface area (Å²) in [5.41, 5.74) is 5.18. The molecule has 0 aromatic rings. The lowest BCUT2D eigenvalue weighted by Gasteiger charge is -2.23. The first kappa shape index (κ1) is 13.4. The van der Waals surface area contributed by atoms with Gasteiger partial charge in [-0.25, -0.2) is 0 Å². The molecule has 0 aliphatic rings. The Morgan fingerprint density at radius 3 is 2.64 bits per heavy atom. The van der Waals surface area contributed by atoms with E-state index in [9.17, 15) is 4.79 Å². The quantitative estimate of drug-likeness (QED) is 0.603. The van der Waals surface area contributed by atoms with Crippen molar-refractivity contribution in [2.45, 2.75) is 32.7 Å². The first-order valence-electron chi connectivity index (χ1n) is 5.12. The molecule has 0 saturated heterocycles. The summed E-state index contributed by atoms with van der Waals surface area (Å²) in [6, 6.07) is 0.132. The highest BCUT2D eigenvalue weighted by Gasteiger charge is 2.18. The van der Waals surface area contributed by atoms with Crippen molar-refractivity contribution in [3.63, 3.8) is 0 Å². The molecule has 0 bridgehead atoms. The number of nitrogens with one attached hydrogen (secondary N) is 1. The van der Waals surface area contributed by atoms with Crippen molar-refractivity contribution >= 4 is 5.91 Å². The van der Waals surface area contributed by atoms with Crippen LogP contribution in [0.3, 0.4) is 0 Å². The van der Waals surface area contributed by atoms with Crippen molar-refractivity contribution in [1.29, 1.82) is 0 Å². The Hall–Kier alpha value is -0.610. The van der Waals surface area contributed by atoms with E-state index in [2.05, 4.69) is 19.2 Å². The van der Waals surface area contributed by atoms with E-state index < -0.39 is 0 Å². The molecule has 84 valence electrons. The van der Waals surface area contributed by atoms with Gasteiger partial charge in [0.15, 0.2) is 0 Å². The molecular weight excluding hydrogens is 180 g/mol. The molecule has 0 fully saturated rings. The van der Waals surface area contributed by atoms with Crippen LogP contribution in [-0.4, -0.2) is 32.2 Å². The maximum atomic E-state index is 10.8. The standard InChI is InChI=1S/C10H22N2O2/c1-4-5-12-9(6-10(11)13)8(2)7-14-3/h8-9,12H,4-7H2,1-3H3,(H2,11,13). The number of methoxy groups -OCH3 is 1. The molecule has 0 aliphatic carbocycles. The summed E-state index contributed by atoms with van der Waals surface area (Å²) in [5.74, 6) is 0.0422. The zero-order chi connectivity index (χ0) is 11.0. The van der Waals surface area contributed by atoms with Gasteiger partial charge in [-0.1, -0.05) is 13.8 Å². The van der Waals surface area contributed by atoms with Gasteiger partial charge in [0, 0.05) is 19.6 Å². The molecule has 1 amide bonds. The summed E-state index contributed by atoms with van der Waals surface area (Å²) in [5, 5.41) is 3.30. The molecule has 0 rings (SSSR count). The minimum atomic E-state index is -0.262. The fraction of sp³-hybridized carbons (Fsp3) is 0.900. The van der Waals surface area contributed by atoms with Gasteiger partial charge >= 0.3 is 0 Å². The average Bonchev–Trinajstić information content (AvgIpc) is 2.12. The van der Waals surface area contributed by atoms with Crippen molar-refractivity contribution in [3.8, 4) is 0 Å². The van der Waals surface area contributed by atoms with Gasteiger partial charge in [-0.2, -0.15) is 0 Å². The van der Waals surface area contributed by atoms with Crippen LogP contribution < -0.4 is 11.1 Å². The minimum Gasteiger partial charge on any atom is -0.384 e. The third-order valence-corrected chi connectivity index (χ3v) is 2.19. The van der Waals surface area contributed by atoms with Crippen molar-refractivity contribution in [2.75, 3.05) is 20.3 Å². The summed E-state index contributed by atoms with van der Waals surface area (Å²) >= 11 is 0. The van der Waals surface area contributed by atoms with Crippen LogP contribution in [0.5, 0.6) is 0 Å². The maximum absolute atomic E-state index is 10.8. The van der Waals surface area contributed by atoms with Crippen LogP contribution in [0.1, 0.15) is 26.7 Å². The Bertz CT molecular complexity index is 162. The van der Waals surface area contributed by atoms with Gasteiger partial charge in [0.2, 0.25) is 5.91 Å². The number of rotatable bonds is 8. The Labute approximate surface area is 86.2 Å². The van der Waals surface area contributed by atoms with Gasteiger partial charge in [-0.05, 0) is 18.9 Å². The van der Waals surface area contributed by atoms with Gasteiger partial charge in [0.1, 0.15) is 0 Å². The largest absolute Gasteiger partial charge is 0.384 e. The predicted octanol–water partition coefficient (Wildman–Crippen LogP) is 0.513. The van der Waals surface area contributed by atoms with Crippen molar-refractivity contribution in [3.05, 3.63) is 0 Å². The Kier molecular flexibility index (Phi) is 7.42. The monoisotopic (exact) mass is 202 g/mol. The van der Waals surface area contributed by atoms with Crippen molar-refractivity contribution in [1.82, 2.24) is 5.32 Å². The molecule has 4 nitrogen and oxygen atoms in total. The van der Waals surface area contributed by atoms with Gasteiger partial charge in [-0.15, -0.1) is 0 Å². The number of ether oxygens (including phenoxy) is 1. The number of hydrogen-bond acceptors (Lipinski definition) is 3. The van der Waals surface area contributed by atoms with E-state index in [4.69, 9.17) is 10.5 Å². The van der Waals surface area contributed by atoms with E-state index >= 15 is 0 Å². The zero-order valence-corrected chi connectivity index (χ0v) is 9.38. The summed E-state index contributed by atoms with van der Waals surface area (Å²) in [7, 11) is 1.66. The normalized spacial score (nSPS) is 15.1. The lowest BCUT2D eigenvalue weighted by Crippen LogP contribution is -2.40. The maximum Gasteiger partial charge on any atom is 0.218 e. The lowest BCUT2D eigenvalue weighted by atomic mass is 9.99. The Balaban J connectivity index is 4.00. The second-order valence-corrected chi connectivity index (χ2v) is 3.66. The van der Waals surface area contributed by atoms with Crippen LogP contribution in [0.4, 0.5) is 0 Å². The third kappa shape index (κ3) is 5.94. The van der Waals surface area contributed by atoms with Crippen LogP contribution in [0.25, 0.3) is 0 Å². The van der Waals surface area contributed by atoms with E-state index in [1.165, 1.54) is 0 Å². The lowest BCUT2D eigenvalue weighted by molar-refractivity contribution is -0.118. The average molecular weight is 202 g/mol. The summed E-state index contributed by atoms with van der Waals surface area (Å²) in [6.07, 6.45) is 1.43. The first-order valence-corrected chi connectivity index (χ1v) is 5.12. The number of nitrogens with two attached hydrogens (primary N) is 1. The topological polar surface area (TPSA) is 64.3 Å².